The number of carboxylic acid groups (broad SMARTS) is 1. The maximum atomic E-state index is 10.7. The van der Waals surface area contributed by atoms with E-state index in [1.807, 2.05) is 30.3 Å². The molecule has 1 heterocycles. The highest BCUT2D eigenvalue weighted by Gasteiger charge is 2.13. The first kappa shape index (κ1) is 25.7. The summed E-state index contributed by atoms with van der Waals surface area (Å²) in [5, 5.41) is 12.8. The van der Waals surface area contributed by atoms with E-state index in [9.17, 15) is 4.79 Å². The molecule has 3 rings (SSSR count). The van der Waals surface area contributed by atoms with Crippen molar-refractivity contribution in [2.24, 2.45) is 0 Å². The number of carbonyl (C=O) groups is 1. The predicted octanol–water partition coefficient (Wildman–Crippen LogP) is 3.74. The van der Waals surface area contributed by atoms with E-state index in [4.69, 9.17) is 25.7 Å². The molecule has 0 aliphatic rings. The average molecular weight is 471 g/mol. The van der Waals surface area contributed by atoms with E-state index < -0.39 is 5.97 Å². The van der Waals surface area contributed by atoms with E-state index in [2.05, 4.69) is 21.2 Å². The first-order valence-electron chi connectivity index (χ1n) is 9.77. The Morgan fingerprint density at radius 1 is 1.15 bits per heavy atom. The van der Waals surface area contributed by atoms with Crippen molar-refractivity contribution in [2.75, 3.05) is 43.8 Å². The fraction of sp³-hybridized carbons (Fsp3) is 0.261. The number of benzene rings is 2. The van der Waals surface area contributed by atoms with Gasteiger partial charge in [0.2, 0.25) is 0 Å². The molecule has 0 radical (unpaired) electrons. The molecular weight excluding hydrogens is 444 g/mol. The van der Waals surface area contributed by atoms with Crippen LogP contribution in [0.2, 0.25) is 0 Å². The Labute approximate surface area is 196 Å². The van der Waals surface area contributed by atoms with Gasteiger partial charge in [0.15, 0.2) is 11.5 Å². The number of hydrogen-bond donors (Lipinski definition) is 3. The predicted molar refractivity (Wildman–Crippen MR) is 130 cm³/mol. The summed E-state index contributed by atoms with van der Waals surface area (Å²) >= 11 is 1.28. The van der Waals surface area contributed by atoms with Crippen molar-refractivity contribution in [3.8, 4) is 23.8 Å². The number of aromatic nitrogens is 2. The number of nitrogens with one attached hydrogen (secondary N) is 1. The molecule has 1 aromatic heterocycles. The number of ether oxygens (including phenoxy) is 3. The highest BCUT2D eigenvalue weighted by atomic mass is 32.2. The second-order valence-corrected chi connectivity index (χ2v) is 7.63. The van der Waals surface area contributed by atoms with Crippen molar-refractivity contribution >= 4 is 40.1 Å². The van der Waals surface area contributed by atoms with Gasteiger partial charge in [0.25, 0.3) is 0 Å². The average Bonchev–Trinajstić information content (AvgIpc) is 2.79. The zero-order chi connectivity index (χ0) is 22.8. The summed E-state index contributed by atoms with van der Waals surface area (Å²) in [6, 6.07) is 11.1. The summed E-state index contributed by atoms with van der Waals surface area (Å²) in [6.07, 6.45) is 6.97. The molecule has 0 amide bonds. The number of aliphatic carboxylic acids is 1. The summed E-state index contributed by atoms with van der Waals surface area (Å²) in [5.41, 5.74) is 2.23. The molecule has 5 N–H and O–H groups in total. The van der Waals surface area contributed by atoms with Gasteiger partial charge in [-0.2, -0.15) is 0 Å². The Bertz CT molecular complexity index is 1120. The summed E-state index contributed by atoms with van der Waals surface area (Å²) in [5.74, 6) is 3.94. The fourth-order valence-corrected chi connectivity index (χ4v) is 3.34. The first-order valence-corrected chi connectivity index (χ1v) is 10.9. The van der Waals surface area contributed by atoms with Gasteiger partial charge in [0, 0.05) is 35.6 Å². The number of fused-ring (bicyclic) bond motifs is 1. The molecule has 174 valence electrons. The van der Waals surface area contributed by atoms with Gasteiger partial charge < -0.3 is 30.8 Å². The van der Waals surface area contributed by atoms with Gasteiger partial charge >= 0.3 is 5.97 Å². The SMILES string of the molecule is C#Cc1cccc(Nc2ncnc3cc(OCCOC)c(OCCSCC(=O)O)cc23)c1.N. The number of nitrogens with zero attached hydrogens (tertiary/aromatic N) is 2. The van der Waals surface area contributed by atoms with Gasteiger partial charge in [-0.1, -0.05) is 12.0 Å². The molecule has 0 atom stereocenters. The van der Waals surface area contributed by atoms with Crippen LogP contribution in [-0.2, 0) is 9.53 Å². The number of carboxylic acids is 1. The molecule has 2 aromatic carbocycles. The minimum Gasteiger partial charge on any atom is -0.489 e. The van der Waals surface area contributed by atoms with E-state index in [0.717, 1.165) is 16.6 Å². The Balaban J connectivity index is 0.00000385. The number of terminal acetylenes is 1. The monoisotopic (exact) mass is 470 g/mol. The third kappa shape index (κ3) is 7.54. The van der Waals surface area contributed by atoms with Gasteiger partial charge in [-0.25, -0.2) is 9.97 Å². The van der Waals surface area contributed by atoms with Gasteiger partial charge in [0.1, 0.15) is 18.8 Å². The molecule has 33 heavy (non-hydrogen) atoms. The summed E-state index contributed by atoms with van der Waals surface area (Å²) in [7, 11) is 1.60. The van der Waals surface area contributed by atoms with Crippen molar-refractivity contribution in [1.29, 1.82) is 0 Å². The lowest BCUT2D eigenvalue weighted by Crippen LogP contribution is -2.08. The number of rotatable bonds is 12. The van der Waals surface area contributed by atoms with Crippen LogP contribution in [0, 0.1) is 12.3 Å². The molecule has 3 aromatic rings. The van der Waals surface area contributed by atoms with Crippen LogP contribution in [0.3, 0.4) is 0 Å². The summed E-state index contributed by atoms with van der Waals surface area (Å²) < 4.78 is 16.8. The second-order valence-electron chi connectivity index (χ2n) is 6.52. The van der Waals surface area contributed by atoms with Crippen LogP contribution in [0.5, 0.6) is 11.5 Å². The van der Waals surface area contributed by atoms with Crippen molar-refractivity contribution in [1.82, 2.24) is 16.1 Å². The Morgan fingerprint density at radius 2 is 1.94 bits per heavy atom. The molecule has 0 spiro atoms. The molecule has 0 aliphatic heterocycles. The normalized spacial score (nSPS) is 10.2. The molecule has 9 nitrogen and oxygen atoms in total. The standard InChI is InChI=1S/C23H23N3O5S.H3N/c1-3-16-5-4-6-17(11-16)26-23-18-12-20(31-9-10-32-14-22(27)28)21(30-8-7-29-2)13-19(18)24-15-25-23;/h1,4-6,11-13,15H,7-10,14H2,2H3,(H,27,28)(H,24,25,26);1H3. The number of methoxy groups -OCH3 is 1. The van der Waals surface area contributed by atoms with E-state index in [1.165, 1.54) is 18.1 Å². The van der Waals surface area contributed by atoms with Crippen LogP contribution in [0.4, 0.5) is 11.5 Å². The van der Waals surface area contributed by atoms with Crippen molar-refractivity contribution in [2.45, 2.75) is 0 Å². The molecule has 0 aliphatic carbocycles. The van der Waals surface area contributed by atoms with E-state index in [1.54, 1.807) is 13.2 Å². The molecular formula is C23H26N4O5S. The van der Waals surface area contributed by atoms with Crippen LogP contribution < -0.4 is 20.9 Å². The summed E-state index contributed by atoms with van der Waals surface area (Å²) in [4.78, 5) is 19.4. The lowest BCUT2D eigenvalue weighted by Gasteiger charge is -2.15. The number of anilines is 2. The van der Waals surface area contributed by atoms with Gasteiger partial charge in [0.05, 0.1) is 24.5 Å². The minimum atomic E-state index is -0.855. The molecule has 0 fully saturated rings. The summed E-state index contributed by atoms with van der Waals surface area (Å²) in [6.45, 7) is 1.10. The van der Waals surface area contributed by atoms with E-state index >= 15 is 0 Å². The molecule has 10 heteroatoms. The number of thioether (sulfide) groups is 1. The smallest absolute Gasteiger partial charge is 0.313 e. The maximum Gasteiger partial charge on any atom is 0.313 e. The lowest BCUT2D eigenvalue weighted by molar-refractivity contribution is -0.133. The van der Waals surface area contributed by atoms with Crippen molar-refractivity contribution in [3.63, 3.8) is 0 Å². The van der Waals surface area contributed by atoms with Crippen molar-refractivity contribution < 1.29 is 24.1 Å². The molecule has 0 unspecified atom stereocenters. The van der Waals surface area contributed by atoms with E-state index in [-0.39, 0.29) is 11.9 Å². The Morgan fingerprint density at radius 3 is 2.70 bits per heavy atom. The number of hydrogen-bond acceptors (Lipinski definition) is 9. The van der Waals surface area contributed by atoms with Gasteiger partial charge in [-0.05, 0) is 24.3 Å². The Hall–Kier alpha value is -3.52. The van der Waals surface area contributed by atoms with Gasteiger partial charge in [-0.3, -0.25) is 4.79 Å². The molecule has 0 saturated heterocycles. The Kier molecular flexibility index (Phi) is 10.2. The quantitative estimate of drug-likeness (QED) is 0.265. The highest BCUT2D eigenvalue weighted by Crippen LogP contribution is 2.35. The van der Waals surface area contributed by atoms with Gasteiger partial charge in [-0.15, -0.1) is 18.2 Å². The topological polar surface area (TPSA) is 138 Å². The van der Waals surface area contributed by atoms with E-state index in [0.29, 0.717) is 48.4 Å². The van der Waals surface area contributed by atoms with Crippen LogP contribution in [0.25, 0.3) is 10.9 Å². The van der Waals surface area contributed by atoms with Crippen LogP contribution in [0.15, 0.2) is 42.7 Å². The zero-order valence-electron chi connectivity index (χ0n) is 18.2. The largest absolute Gasteiger partial charge is 0.489 e. The minimum absolute atomic E-state index is 0. The molecule has 0 saturated carbocycles. The van der Waals surface area contributed by atoms with Crippen molar-refractivity contribution in [3.05, 3.63) is 48.3 Å². The lowest BCUT2D eigenvalue weighted by atomic mass is 10.2. The van der Waals surface area contributed by atoms with Crippen LogP contribution >= 0.6 is 11.8 Å². The highest BCUT2D eigenvalue weighted by molar-refractivity contribution is 7.99. The second kappa shape index (κ2) is 13.1. The fourth-order valence-electron chi connectivity index (χ4n) is 2.82. The third-order valence-electron chi connectivity index (χ3n) is 4.25. The first-order chi connectivity index (χ1) is 15.6. The molecule has 0 bridgehead atoms. The third-order valence-corrected chi connectivity index (χ3v) is 5.16. The van der Waals surface area contributed by atoms with Crippen LogP contribution in [-0.4, -0.2) is 59.5 Å². The maximum absolute atomic E-state index is 10.7. The van der Waals surface area contributed by atoms with Crippen LogP contribution in [0.1, 0.15) is 5.56 Å². The zero-order valence-corrected chi connectivity index (χ0v) is 19.1.